The number of fused-ring (bicyclic) bond motifs is 1. The van der Waals surface area contributed by atoms with Gasteiger partial charge in [-0.3, -0.25) is 14.9 Å². The lowest BCUT2D eigenvalue weighted by Gasteiger charge is -2.00. The van der Waals surface area contributed by atoms with Crippen LogP contribution in [-0.2, 0) is 6.54 Å². The van der Waals surface area contributed by atoms with E-state index in [0.717, 1.165) is 22.0 Å². The van der Waals surface area contributed by atoms with Gasteiger partial charge in [0.25, 0.3) is 5.56 Å². The molecule has 0 saturated carbocycles. The van der Waals surface area contributed by atoms with E-state index in [1.54, 1.807) is 17.1 Å². The van der Waals surface area contributed by atoms with Gasteiger partial charge in [-0.25, -0.2) is 4.68 Å². The van der Waals surface area contributed by atoms with Gasteiger partial charge in [0.15, 0.2) is 0 Å². The van der Waals surface area contributed by atoms with Crippen LogP contribution in [0.1, 0.15) is 11.1 Å². The maximum Gasteiger partial charge on any atom is 0.274 e. The Morgan fingerprint density at radius 1 is 1.33 bits per heavy atom. The molecular formula is C14H13N3O. The minimum atomic E-state index is 0.0116. The van der Waals surface area contributed by atoms with Crippen LogP contribution in [0.5, 0.6) is 0 Å². The minimum absolute atomic E-state index is 0.0116. The van der Waals surface area contributed by atoms with Crippen LogP contribution < -0.4 is 5.56 Å². The Morgan fingerprint density at radius 3 is 3.00 bits per heavy atom. The molecule has 0 fully saturated rings. The fraction of sp³-hybridized carbons (Fsp3) is 0.143. The second kappa shape index (κ2) is 4.14. The zero-order valence-corrected chi connectivity index (χ0v) is 10.1. The highest BCUT2D eigenvalue weighted by Gasteiger charge is 2.06. The summed E-state index contributed by atoms with van der Waals surface area (Å²) in [6.45, 7) is 2.50. The standard InChI is InChI=1S/C14H13N3O/c1-10-4-5-13-12(7-10)14(18)17(16-13)9-11-3-2-6-15-8-11/h2-8,16H,9H2,1H3. The van der Waals surface area contributed by atoms with Gasteiger partial charge in [0.2, 0.25) is 0 Å². The van der Waals surface area contributed by atoms with Gasteiger partial charge < -0.3 is 0 Å². The summed E-state index contributed by atoms with van der Waals surface area (Å²) in [4.78, 5) is 16.2. The van der Waals surface area contributed by atoms with E-state index in [4.69, 9.17) is 0 Å². The van der Waals surface area contributed by atoms with E-state index in [-0.39, 0.29) is 5.56 Å². The predicted molar refractivity (Wildman–Crippen MR) is 70.6 cm³/mol. The van der Waals surface area contributed by atoms with E-state index in [2.05, 4.69) is 10.1 Å². The van der Waals surface area contributed by atoms with Crippen LogP contribution in [0.15, 0.2) is 47.5 Å². The third kappa shape index (κ3) is 1.82. The molecule has 1 N–H and O–H groups in total. The van der Waals surface area contributed by atoms with Gasteiger partial charge in [0.1, 0.15) is 0 Å². The summed E-state index contributed by atoms with van der Waals surface area (Å²) < 4.78 is 1.61. The average Bonchev–Trinajstić information content (AvgIpc) is 2.68. The van der Waals surface area contributed by atoms with Crippen molar-refractivity contribution < 1.29 is 0 Å². The van der Waals surface area contributed by atoms with Crippen molar-refractivity contribution in [2.24, 2.45) is 0 Å². The SMILES string of the molecule is Cc1ccc2[nH]n(Cc3cccnc3)c(=O)c2c1. The van der Waals surface area contributed by atoms with Crippen molar-refractivity contribution in [3.63, 3.8) is 0 Å². The van der Waals surface area contributed by atoms with Crippen molar-refractivity contribution in [2.75, 3.05) is 0 Å². The van der Waals surface area contributed by atoms with Crippen LogP contribution in [0.3, 0.4) is 0 Å². The molecule has 2 aromatic heterocycles. The first kappa shape index (κ1) is 10.8. The van der Waals surface area contributed by atoms with Crippen molar-refractivity contribution in [3.05, 3.63) is 64.2 Å². The largest absolute Gasteiger partial charge is 0.295 e. The lowest BCUT2D eigenvalue weighted by Crippen LogP contribution is -2.17. The van der Waals surface area contributed by atoms with Crippen LogP contribution in [0.4, 0.5) is 0 Å². The van der Waals surface area contributed by atoms with E-state index < -0.39 is 0 Å². The Kier molecular flexibility index (Phi) is 2.48. The highest BCUT2D eigenvalue weighted by Crippen LogP contribution is 2.10. The highest BCUT2D eigenvalue weighted by atomic mass is 16.1. The number of benzene rings is 1. The molecule has 0 aliphatic rings. The van der Waals surface area contributed by atoms with E-state index >= 15 is 0 Å². The molecule has 0 atom stereocenters. The summed E-state index contributed by atoms with van der Waals surface area (Å²) in [5.41, 5.74) is 2.97. The smallest absolute Gasteiger partial charge is 0.274 e. The van der Waals surface area contributed by atoms with Crippen LogP contribution in [0, 0.1) is 6.92 Å². The lowest BCUT2D eigenvalue weighted by molar-refractivity contribution is 0.670. The first-order valence-corrected chi connectivity index (χ1v) is 5.82. The Bertz CT molecular complexity index is 741. The fourth-order valence-corrected chi connectivity index (χ4v) is 2.06. The number of hydrogen-bond acceptors (Lipinski definition) is 2. The first-order chi connectivity index (χ1) is 8.74. The quantitative estimate of drug-likeness (QED) is 0.744. The molecule has 1 aromatic carbocycles. The number of nitrogens with zero attached hydrogens (tertiary/aromatic N) is 2. The molecule has 3 rings (SSSR count). The van der Waals surface area contributed by atoms with Crippen molar-refractivity contribution in [3.8, 4) is 0 Å². The van der Waals surface area contributed by atoms with Crippen molar-refractivity contribution in [2.45, 2.75) is 13.5 Å². The first-order valence-electron chi connectivity index (χ1n) is 5.82. The fourth-order valence-electron chi connectivity index (χ4n) is 2.06. The molecule has 0 unspecified atom stereocenters. The van der Waals surface area contributed by atoms with E-state index in [9.17, 15) is 4.79 Å². The Hall–Kier alpha value is -2.36. The van der Waals surface area contributed by atoms with Crippen LogP contribution in [-0.4, -0.2) is 14.8 Å². The second-order valence-electron chi connectivity index (χ2n) is 4.41. The van der Waals surface area contributed by atoms with Crippen LogP contribution >= 0.6 is 0 Å². The van der Waals surface area contributed by atoms with Gasteiger partial charge in [0.05, 0.1) is 17.4 Å². The maximum atomic E-state index is 12.2. The number of pyridine rings is 1. The maximum absolute atomic E-state index is 12.2. The summed E-state index contributed by atoms with van der Waals surface area (Å²) >= 11 is 0. The van der Waals surface area contributed by atoms with Gasteiger partial charge in [-0.1, -0.05) is 17.7 Å². The molecule has 0 bridgehead atoms. The monoisotopic (exact) mass is 239 g/mol. The van der Waals surface area contributed by atoms with Crippen LogP contribution in [0.2, 0.25) is 0 Å². The summed E-state index contributed by atoms with van der Waals surface area (Å²) in [6, 6.07) is 9.66. The molecule has 2 heterocycles. The zero-order chi connectivity index (χ0) is 12.5. The van der Waals surface area contributed by atoms with Gasteiger partial charge in [0, 0.05) is 12.4 Å². The second-order valence-corrected chi connectivity index (χ2v) is 4.41. The topological polar surface area (TPSA) is 50.7 Å². The van der Waals surface area contributed by atoms with Crippen molar-refractivity contribution >= 4 is 10.9 Å². The zero-order valence-electron chi connectivity index (χ0n) is 10.1. The lowest BCUT2D eigenvalue weighted by atomic mass is 10.2. The van der Waals surface area contributed by atoms with E-state index in [1.807, 2.05) is 37.3 Å². The normalized spacial score (nSPS) is 10.9. The van der Waals surface area contributed by atoms with E-state index in [0.29, 0.717) is 6.54 Å². The Balaban J connectivity index is 2.08. The number of H-pyrrole nitrogens is 1. The Labute approximate surface area is 104 Å². The summed E-state index contributed by atoms with van der Waals surface area (Å²) in [5.74, 6) is 0. The molecule has 0 aliphatic carbocycles. The summed E-state index contributed by atoms with van der Waals surface area (Å²) in [7, 11) is 0. The van der Waals surface area contributed by atoms with Gasteiger partial charge >= 0.3 is 0 Å². The molecule has 4 heteroatoms. The van der Waals surface area contributed by atoms with Gasteiger partial charge in [-0.15, -0.1) is 0 Å². The molecule has 0 spiro atoms. The third-order valence-corrected chi connectivity index (χ3v) is 2.97. The predicted octanol–water partition coefficient (Wildman–Crippen LogP) is 2.08. The number of rotatable bonds is 2. The number of nitrogens with one attached hydrogen (secondary N) is 1. The molecule has 0 saturated heterocycles. The number of aromatic nitrogens is 3. The molecule has 4 nitrogen and oxygen atoms in total. The molecule has 0 amide bonds. The molecule has 18 heavy (non-hydrogen) atoms. The van der Waals surface area contributed by atoms with Crippen molar-refractivity contribution in [1.82, 2.24) is 14.8 Å². The van der Waals surface area contributed by atoms with E-state index in [1.165, 1.54) is 0 Å². The highest BCUT2D eigenvalue weighted by molar-refractivity contribution is 5.78. The Morgan fingerprint density at radius 2 is 2.22 bits per heavy atom. The number of aryl methyl sites for hydroxylation is 1. The van der Waals surface area contributed by atoms with Gasteiger partial charge in [-0.2, -0.15) is 0 Å². The third-order valence-electron chi connectivity index (χ3n) is 2.97. The van der Waals surface area contributed by atoms with Gasteiger partial charge in [-0.05, 0) is 30.7 Å². The molecule has 3 aromatic rings. The molecule has 90 valence electrons. The summed E-state index contributed by atoms with van der Waals surface area (Å²) in [5, 5.41) is 3.85. The van der Waals surface area contributed by atoms with Crippen LogP contribution in [0.25, 0.3) is 10.9 Å². The summed E-state index contributed by atoms with van der Waals surface area (Å²) in [6.07, 6.45) is 3.49. The minimum Gasteiger partial charge on any atom is -0.295 e. The molecule has 0 aliphatic heterocycles. The molecule has 0 radical (unpaired) electrons. The number of aromatic amines is 1. The number of hydrogen-bond donors (Lipinski definition) is 1. The molecular weight excluding hydrogens is 226 g/mol. The average molecular weight is 239 g/mol. The van der Waals surface area contributed by atoms with Crippen molar-refractivity contribution in [1.29, 1.82) is 0 Å².